The van der Waals surface area contributed by atoms with Crippen LogP contribution in [0.15, 0.2) is 23.0 Å². The number of carbonyl (C=O) groups is 1. The van der Waals surface area contributed by atoms with Gasteiger partial charge in [-0.05, 0) is 51.7 Å². The highest BCUT2D eigenvalue weighted by molar-refractivity contribution is 5.85. The van der Waals surface area contributed by atoms with Crippen molar-refractivity contribution in [2.75, 3.05) is 18.4 Å². The van der Waals surface area contributed by atoms with Gasteiger partial charge in [0, 0.05) is 31.2 Å². The highest BCUT2D eigenvalue weighted by atomic mass is 16.2. The summed E-state index contributed by atoms with van der Waals surface area (Å²) in [6.45, 7) is 9.95. The summed E-state index contributed by atoms with van der Waals surface area (Å²) in [5, 5.41) is 10.1. The lowest BCUT2D eigenvalue weighted by molar-refractivity contribution is -0.132. The summed E-state index contributed by atoms with van der Waals surface area (Å²) < 4.78 is 1.69. The smallest absolute Gasteiger partial charge is 0.343 e. The summed E-state index contributed by atoms with van der Waals surface area (Å²) in [4.78, 5) is 26.6. The van der Waals surface area contributed by atoms with Crippen molar-refractivity contribution >= 4 is 11.6 Å². The second kappa shape index (κ2) is 7.98. The Morgan fingerprint density at radius 1 is 1.30 bits per heavy atom. The predicted octanol–water partition coefficient (Wildman–Crippen LogP) is 2.41. The lowest BCUT2D eigenvalue weighted by Gasteiger charge is -2.33. The number of likely N-dealkylation sites (tertiary alicyclic amines) is 1. The molecule has 0 spiro atoms. The normalized spacial score (nSPS) is 16.4. The molecule has 1 aliphatic heterocycles. The van der Waals surface area contributed by atoms with Gasteiger partial charge in [0.25, 0.3) is 0 Å². The van der Waals surface area contributed by atoms with Crippen molar-refractivity contribution in [2.24, 2.45) is 0 Å². The second-order valence-electron chi connectivity index (χ2n) is 7.36. The Morgan fingerprint density at radius 2 is 1.93 bits per heavy atom. The standard InChI is InChI=1S/C20H29N5O2/c1-5-25-18(22-23-20(25)27)16-9-11-24(12-10-16)19(26)15(4)21-17-13(2)7-6-8-14(17)3/h6-8,15-16,21H,5,9-12H2,1-4H3,(H,23,27)/t15-/m1/s1. The number of H-pyrrole nitrogens is 1. The highest BCUT2D eigenvalue weighted by Crippen LogP contribution is 2.27. The zero-order valence-electron chi connectivity index (χ0n) is 16.6. The average Bonchev–Trinajstić information content (AvgIpc) is 3.04. The highest BCUT2D eigenvalue weighted by Gasteiger charge is 2.29. The minimum Gasteiger partial charge on any atom is -0.373 e. The van der Waals surface area contributed by atoms with E-state index in [0.29, 0.717) is 19.6 Å². The molecule has 0 radical (unpaired) electrons. The van der Waals surface area contributed by atoms with E-state index in [1.807, 2.05) is 24.8 Å². The molecule has 1 aromatic heterocycles. The van der Waals surface area contributed by atoms with Crippen molar-refractivity contribution in [3.63, 3.8) is 0 Å². The van der Waals surface area contributed by atoms with E-state index in [1.54, 1.807) is 4.57 Å². The summed E-state index contributed by atoms with van der Waals surface area (Å²) in [5.74, 6) is 1.15. The van der Waals surface area contributed by atoms with Gasteiger partial charge >= 0.3 is 5.69 Å². The van der Waals surface area contributed by atoms with Crippen LogP contribution in [0.25, 0.3) is 0 Å². The van der Waals surface area contributed by atoms with Crippen molar-refractivity contribution in [1.29, 1.82) is 0 Å². The van der Waals surface area contributed by atoms with Crippen molar-refractivity contribution in [3.8, 4) is 0 Å². The first kappa shape index (κ1) is 19.2. The SMILES string of the molecule is CCn1c(C2CCN(C(=O)[C@@H](C)Nc3c(C)cccc3C)CC2)n[nH]c1=O. The fraction of sp³-hybridized carbons (Fsp3) is 0.550. The molecule has 2 N–H and O–H groups in total. The molecule has 1 amide bonds. The molecule has 1 aliphatic rings. The van der Waals surface area contributed by atoms with Crippen LogP contribution >= 0.6 is 0 Å². The predicted molar refractivity (Wildman–Crippen MR) is 106 cm³/mol. The summed E-state index contributed by atoms with van der Waals surface area (Å²) in [5.41, 5.74) is 3.17. The number of hydrogen-bond donors (Lipinski definition) is 2. The van der Waals surface area contributed by atoms with E-state index in [2.05, 4.69) is 41.5 Å². The number of aryl methyl sites for hydroxylation is 2. The molecular formula is C20H29N5O2. The zero-order chi connectivity index (χ0) is 19.6. The second-order valence-corrected chi connectivity index (χ2v) is 7.36. The fourth-order valence-corrected chi connectivity index (χ4v) is 3.90. The number of anilines is 1. The molecule has 1 aromatic carbocycles. The van der Waals surface area contributed by atoms with E-state index >= 15 is 0 Å². The molecule has 2 aromatic rings. The summed E-state index contributed by atoms with van der Waals surface area (Å²) >= 11 is 0. The molecule has 0 saturated carbocycles. The van der Waals surface area contributed by atoms with Gasteiger partial charge in [-0.25, -0.2) is 9.89 Å². The molecule has 0 unspecified atom stereocenters. The lowest BCUT2D eigenvalue weighted by Crippen LogP contribution is -2.45. The molecule has 1 fully saturated rings. The van der Waals surface area contributed by atoms with Crippen LogP contribution < -0.4 is 11.0 Å². The van der Waals surface area contributed by atoms with Crippen molar-refractivity contribution in [1.82, 2.24) is 19.7 Å². The largest absolute Gasteiger partial charge is 0.373 e. The van der Waals surface area contributed by atoms with Crippen LogP contribution in [0.5, 0.6) is 0 Å². The molecule has 3 rings (SSSR count). The number of benzene rings is 1. The Balaban J connectivity index is 1.62. The van der Waals surface area contributed by atoms with Gasteiger partial charge in [0.05, 0.1) is 0 Å². The molecule has 0 bridgehead atoms. The number of aromatic amines is 1. The molecule has 7 nitrogen and oxygen atoms in total. The third kappa shape index (κ3) is 3.91. The molecule has 27 heavy (non-hydrogen) atoms. The van der Waals surface area contributed by atoms with E-state index in [0.717, 1.165) is 35.5 Å². The minimum absolute atomic E-state index is 0.117. The maximum Gasteiger partial charge on any atom is 0.343 e. The van der Waals surface area contributed by atoms with E-state index in [9.17, 15) is 9.59 Å². The van der Waals surface area contributed by atoms with Crippen LogP contribution in [0.3, 0.4) is 0 Å². The van der Waals surface area contributed by atoms with Crippen LogP contribution in [0.2, 0.25) is 0 Å². The zero-order valence-corrected chi connectivity index (χ0v) is 16.6. The number of nitrogens with zero attached hydrogens (tertiary/aromatic N) is 3. The van der Waals surface area contributed by atoms with Gasteiger partial charge in [-0.3, -0.25) is 9.36 Å². The van der Waals surface area contributed by atoms with Gasteiger partial charge in [-0.15, -0.1) is 0 Å². The number of hydrogen-bond acceptors (Lipinski definition) is 4. The summed E-state index contributed by atoms with van der Waals surface area (Å²) in [6.07, 6.45) is 1.65. The quantitative estimate of drug-likeness (QED) is 0.845. The third-order valence-corrected chi connectivity index (χ3v) is 5.49. The first-order valence-corrected chi connectivity index (χ1v) is 9.69. The average molecular weight is 371 g/mol. The lowest BCUT2D eigenvalue weighted by atomic mass is 9.95. The van der Waals surface area contributed by atoms with E-state index in [-0.39, 0.29) is 23.6 Å². The molecule has 7 heteroatoms. The number of nitrogens with one attached hydrogen (secondary N) is 2. The van der Waals surface area contributed by atoms with E-state index in [1.165, 1.54) is 0 Å². The summed E-state index contributed by atoms with van der Waals surface area (Å²) in [6, 6.07) is 5.85. The van der Waals surface area contributed by atoms with Crippen LogP contribution in [0.1, 0.15) is 49.6 Å². The van der Waals surface area contributed by atoms with Crippen molar-refractivity contribution in [3.05, 3.63) is 45.6 Å². The van der Waals surface area contributed by atoms with Crippen molar-refractivity contribution < 1.29 is 4.79 Å². The molecule has 0 aliphatic carbocycles. The van der Waals surface area contributed by atoms with E-state index < -0.39 is 0 Å². The number of aromatic nitrogens is 3. The number of amides is 1. The number of para-hydroxylation sites is 1. The first-order valence-electron chi connectivity index (χ1n) is 9.69. The van der Waals surface area contributed by atoms with E-state index in [4.69, 9.17) is 0 Å². The number of piperidine rings is 1. The third-order valence-electron chi connectivity index (χ3n) is 5.49. The van der Waals surface area contributed by atoms with Gasteiger partial charge in [-0.2, -0.15) is 5.10 Å². The molecule has 1 saturated heterocycles. The van der Waals surface area contributed by atoms with Crippen LogP contribution in [-0.2, 0) is 11.3 Å². The number of carbonyl (C=O) groups excluding carboxylic acids is 1. The minimum atomic E-state index is -0.277. The Bertz CT molecular complexity index is 841. The maximum atomic E-state index is 12.9. The van der Waals surface area contributed by atoms with Crippen LogP contribution in [0.4, 0.5) is 5.69 Å². The van der Waals surface area contributed by atoms with Crippen LogP contribution in [-0.4, -0.2) is 44.7 Å². The maximum absolute atomic E-state index is 12.9. The Kier molecular flexibility index (Phi) is 5.68. The molecule has 2 heterocycles. The first-order chi connectivity index (χ1) is 12.9. The van der Waals surface area contributed by atoms with Gasteiger partial charge in [0.15, 0.2) is 0 Å². The molecule has 1 atom stereocenters. The van der Waals surface area contributed by atoms with Crippen LogP contribution in [0, 0.1) is 13.8 Å². The Hall–Kier alpha value is -2.57. The fourth-order valence-electron chi connectivity index (χ4n) is 3.90. The van der Waals surface area contributed by atoms with Crippen molar-refractivity contribution in [2.45, 2.75) is 59.0 Å². The van der Waals surface area contributed by atoms with Gasteiger partial charge in [-0.1, -0.05) is 18.2 Å². The van der Waals surface area contributed by atoms with Gasteiger partial charge in [0.2, 0.25) is 5.91 Å². The Labute approximate surface area is 159 Å². The summed E-state index contributed by atoms with van der Waals surface area (Å²) in [7, 11) is 0. The van der Waals surface area contributed by atoms with Gasteiger partial charge in [0.1, 0.15) is 11.9 Å². The van der Waals surface area contributed by atoms with Gasteiger partial charge < -0.3 is 10.2 Å². The molecular weight excluding hydrogens is 342 g/mol. The number of rotatable bonds is 5. The topological polar surface area (TPSA) is 83.0 Å². The molecule has 146 valence electrons. The Morgan fingerprint density at radius 3 is 2.52 bits per heavy atom. The monoisotopic (exact) mass is 371 g/mol.